The summed E-state index contributed by atoms with van der Waals surface area (Å²) in [5.74, 6) is -0.156. The molecular formula is C24H22N2O2. The van der Waals surface area contributed by atoms with Crippen molar-refractivity contribution in [2.45, 2.75) is 13.0 Å². The molecule has 1 aliphatic heterocycles. The number of carbonyl (C=O) groups excluding carboxylic acids is 2. The van der Waals surface area contributed by atoms with Crippen molar-refractivity contribution >= 4 is 17.5 Å². The fourth-order valence-corrected chi connectivity index (χ4v) is 3.70. The number of hydrogen-bond donors (Lipinski definition) is 0. The molecule has 140 valence electrons. The number of benzene rings is 3. The van der Waals surface area contributed by atoms with E-state index in [1.54, 1.807) is 24.0 Å². The van der Waals surface area contributed by atoms with Crippen LogP contribution in [0, 0.1) is 0 Å². The van der Waals surface area contributed by atoms with Crippen LogP contribution in [-0.2, 0) is 4.79 Å². The predicted molar refractivity (Wildman–Crippen MR) is 111 cm³/mol. The van der Waals surface area contributed by atoms with E-state index in [0.29, 0.717) is 18.7 Å². The molecule has 1 unspecified atom stereocenters. The van der Waals surface area contributed by atoms with Crippen molar-refractivity contribution < 1.29 is 9.59 Å². The lowest BCUT2D eigenvalue weighted by molar-refractivity contribution is -0.124. The van der Waals surface area contributed by atoms with E-state index in [1.807, 2.05) is 77.7 Å². The number of para-hydroxylation sites is 1. The molecule has 0 radical (unpaired) electrons. The van der Waals surface area contributed by atoms with Crippen LogP contribution in [0.3, 0.4) is 0 Å². The van der Waals surface area contributed by atoms with Crippen LogP contribution in [0.2, 0.25) is 0 Å². The summed E-state index contributed by atoms with van der Waals surface area (Å²) in [4.78, 5) is 29.5. The molecule has 0 spiro atoms. The van der Waals surface area contributed by atoms with Crippen molar-refractivity contribution in [3.8, 4) is 11.1 Å². The average molecular weight is 370 g/mol. The zero-order valence-electron chi connectivity index (χ0n) is 15.8. The first-order chi connectivity index (χ1) is 13.7. The molecule has 4 rings (SSSR count). The Labute approximate surface area is 165 Å². The molecule has 3 aromatic carbocycles. The summed E-state index contributed by atoms with van der Waals surface area (Å²) in [7, 11) is 0. The number of anilines is 1. The Hall–Kier alpha value is -3.40. The summed E-state index contributed by atoms with van der Waals surface area (Å²) >= 11 is 0. The fraction of sp³-hybridized carbons (Fsp3) is 0.167. The Morgan fingerprint density at radius 3 is 2.14 bits per heavy atom. The van der Waals surface area contributed by atoms with E-state index in [4.69, 9.17) is 0 Å². The summed E-state index contributed by atoms with van der Waals surface area (Å²) < 4.78 is 0. The van der Waals surface area contributed by atoms with Crippen LogP contribution in [0.5, 0.6) is 0 Å². The highest BCUT2D eigenvalue weighted by Gasteiger charge is 2.36. The average Bonchev–Trinajstić information content (AvgIpc) is 2.76. The Balaban J connectivity index is 1.62. The van der Waals surface area contributed by atoms with E-state index in [1.165, 1.54) is 0 Å². The topological polar surface area (TPSA) is 40.6 Å². The third-order valence-corrected chi connectivity index (χ3v) is 5.22. The van der Waals surface area contributed by atoms with Gasteiger partial charge in [-0.1, -0.05) is 66.7 Å². The SMILES string of the molecule is CC1C(=O)N(c2ccccc2-c2ccccc2)CCN1C(=O)c1ccccc1. The number of hydrogen-bond acceptors (Lipinski definition) is 2. The largest absolute Gasteiger partial charge is 0.325 e. The first kappa shape index (κ1) is 18.0. The van der Waals surface area contributed by atoms with Crippen molar-refractivity contribution in [3.63, 3.8) is 0 Å². The lowest BCUT2D eigenvalue weighted by Gasteiger charge is -2.39. The first-order valence-electron chi connectivity index (χ1n) is 9.48. The van der Waals surface area contributed by atoms with Gasteiger partial charge >= 0.3 is 0 Å². The number of piperazine rings is 1. The van der Waals surface area contributed by atoms with E-state index in [0.717, 1.165) is 16.8 Å². The third kappa shape index (κ3) is 3.29. The van der Waals surface area contributed by atoms with Crippen molar-refractivity contribution in [1.29, 1.82) is 0 Å². The lowest BCUT2D eigenvalue weighted by Crippen LogP contribution is -2.57. The molecule has 4 nitrogen and oxygen atoms in total. The Morgan fingerprint density at radius 1 is 0.821 bits per heavy atom. The summed E-state index contributed by atoms with van der Waals surface area (Å²) in [6, 6.07) is 26.6. The molecule has 0 N–H and O–H groups in total. The Morgan fingerprint density at radius 2 is 1.43 bits per heavy atom. The van der Waals surface area contributed by atoms with Gasteiger partial charge in [0.2, 0.25) is 5.91 Å². The highest BCUT2D eigenvalue weighted by molar-refractivity contribution is 6.05. The summed E-state index contributed by atoms with van der Waals surface area (Å²) in [5.41, 5.74) is 3.59. The van der Waals surface area contributed by atoms with E-state index in [2.05, 4.69) is 0 Å². The molecule has 1 saturated heterocycles. The monoisotopic (exact) mass is 370 g/mol. The van der Waals surface area contributed by atoms with E-state index < -0.39 is 6.04 Å². The van der Waals surface area contributed by atoms with Crippen LogP contribution in [0.1, 0.15) is 17.3 Å². The van der Waals surface area contributed by atoms with Gasteiger partial charge in [0.1, 0.15) is 6.04 Å². The summed E-state index contributed by atoms with van der Waals surface area (Å²) in [6.45, 7) is 2.79. The minimum absolute atomic E-state index is 0.0566. The Bertz CT molecular complexity index is 986. The molecule has 1 heterocycles. The predicted octanol–water partition coefficient (Wildman–Crippen LogP) is 4.23. The summed E-state index contributed by atoms with van der Waals surface area (Å²) in [5, 5.41) is 0. The molecule has 0 bridgehead atoms. The zero-order chi connectivity index (χ0) is 19.5. The van der Waals surface area contributed by atoms with Gasteiger partial charge in [0, 0.05) is 24.2 Å². The van der Waals surface area contributed by atoms with Gasteiger partial charge in [0.15, 0.2) is 0 Å². The number of amides is 2. The molecule has 3 aromatic rings. The maximum absolute atomic E-state index is 13.2. The van der Waals surface area contributed by atoms with Gasteiger partial charge in [-0.2, -0.15) is 0 Å². The van der Waals surface area contributed by atoms with Crippen LogP contribution in [0.25, 0.3) is 11.1 Å². The third-order valence-electron chi connectivity index (χ3n) is 5.22. The molecule has 0 aliphatic carbocycles. The van der Waals surface area contributed by atoms with Gasteiger partial charge in [-0.15, -0.1) is 0 Å². The van der Waals surface area contributed by atoms with Crippen molar-refractivity contribution in [2.24, 2.45) is 0 Å². The number of rotatable bonds is 3. The van der Waals surface area contributed by atoms with Gasteiger partial charge in [0.05, 0.1) is 5.69 Å². The maximum atomic E-state index is 13.2. The van der Waals surface area contributed by atoms with E-state index in [-0.39, 0.29) is 11.8 Å². The number of carbonyl (C=O) groups is 2. The molecule has 0 aromatic heterocycles. The summed E-state index contributed by atoms with van der Waals surface area (Å²) in [6.07, 6.45) is 0. The molecule has 4 heteroatoms. The van der Waals surface area contributed by atoms with Crippen molar-refractivity contribution in [3.05, 3.63) is 90.5 Å². The van der Waals surface area contributed by atoms with Crippen LogP contribution in [0.15, 0.2) is 84.9 Å². The quantitative estimate of drug-likeness (QED) is 0.692. The highest BCUT2D eigenvalue weighted by atomic mass is 16.2. The minimum atomic E-state index is -0.509. The van der Waals surface area contributed by atoms with Gasteiger partial charge in [-0.3, -0.25) is 9.59 Å². The van der Waals surface area contributed by atoms with Gasteiger partial charge < -0.3 is 9.80 Å². The molecule has 0 saturated carbocycles. The standard InChI is InChI=1S/C24H22N2O2/c1-18-23(27)26(17-16-25(18)24(28)20-12-6-3-7-13-20)22-15-9-8-14-21(22)19-10-4-2-5-11-19/h2-15,18H,16-17H2,1H3. The normalized spacial score (nSPS) is 16.9. The van der Waals surface area contributed by atoms with Crippen LogP contribution < -0.4 is 4.90 Å². The smallest absolute Gasteiger partial charge is 0.254 e. The van der Waals surface area contributed by atoms with Gasteiger partial charge in [-0.05, 0) is 30.7 Å². The molecule has 28 heavy (non-hydrogen) atoms. The molecule has 1 fully saturated rings. The molecular weight excluding hydrogens is 348 g/mol. The second kappa shape index (κ2) is 7.69. The van der Waals surface area contributed by atoms with Gasteiger partial charge in [0.25, 0.3) is 5.91 Å². The van der Waals surface area contributed by atoms with Crippen molar-refractivity contribution in [1.82, 2.24) is 4.90 Å². The van der Waals surface area contributed by atoms with Crippen LogP contribution >= 0.6 is 0 Å². The molecule has 1 atom stereocenters. The second-order valence-electron chi connectivity index (χ2n) is 6.91. The Kier molecular flexibility index (Phi) is 4.94. The van der Waals surface area contributed by atoms with Crippen LogP contribution in [-0.4, -0.2) is 35.8 Å². The zero-order valence-corrected chi connectivity index (χ0v) is 15.8. The van der Waals surface area contributed by atoms with Crippen molar-refractivity contribution in [2.75, 3.05) is 18.0 Å². The van der Waals surface area contributed by atoms with Gasteiger partial charge in [-0.25, -0.2) is 0 Å². The lowest BCUT2D eigenvalue weighted by atomic mass is 10.0. The maximum Gasteiger partial charge on any atom is 0.254 e. The minimum Gasteiger partial charge on any atom is -0.325 e. The van der Waals surface area contributed by atoms with E-state index >= 15 is 0 Å². The molecule has 1 aliphatic rings. The molecule has 2 amide bonds. The van der Waals surface area contributed by atoms with E-state index in [9.17, 15) is 9.59 Å². The van der Waals surface area contributed by atoms with Crippen LogP contribution in [0.4, 0.5) is 5.69 Å². The number of nitrogens with zero attached hydrogens (tertiary/aromatic N) is 2. The first-order valence-corrected chi connectivity index (χ1v) is 9.48. The fourth-order valence-electron chi connectivity index (χ4n) is 3.70. The highest BCUT2D eigenvalue weighted by Crippen LogP contribution is 2.32. The second-order valence-corrected chi connectivity index (χ2v) is 6.91.